The maximum Gasteiger partial charge on any atom is 1.00 e. The largest absolute Gasteiger partial charge is 1.00 e. The molecule has 0 fully saturated rings. The summed E-state index contributed by atoms with van der Waals surface area (Å²) in [6.07, 6.45) is 2.24. The summed E-state index contributed by atoms with van der Waals surface area (Å²) < 4.78 is 75.7. The molecule has 210 valence electrons. The molecule has 0 spiro atoms. The molecule has 1 unspecified atom stereocenters. The number of carbonyl (C=O) groups excluding carboxylic acids is 2. The Labute approximate surface area is 286 Å². The standard InChI is InChI=1S/C25H24N4O9S2.2Na/c1-15(30)24(25(31)27-20-5-3-4-6-21(20)38-2)29-28-19-12-10-17(23(14-19)40(35,36)37)8-7-16-9-11-18(26)13-22(16)39(32,33)34;;/h3-14,24H,26H2,1-2H3,(H,27,31)(H,32,33,34)(H,35,36,37);;/q;2*+1/p-2. The normalized spacial score (nSPS) is 12.3. The van der Waals surface area contributed by atoms with Gasteiger partial charge < -0.3 is 24.9 Å². The maximum absolute atomic E-state index is 12.7. The fourth-order valence-corrected chi connectivity index (χ4v) is 4.81. The van der Waals surface area contributed by atoms with Crippen LogP contribution in [0.3, 0.4) is 0 Å². The first-order valence-corrected chi connectivity index (χ1v) is 14.0. The average molecular weight is 633 g/mol. The molecule has 3 aromatic carbocycles. The number of amides is 1. The predicted molar refractivity (Wildman–Crippen MR) is 143 cm³/mol. The van der Waals surface area contributed by atoms with Gasteiger partial charge in [-0.1, -0.05) is 36.4 Å². The minimum atomic E-state index is -5.09. The number of nitrogens with two attached hydrogens (primary N) is 1. The monoisotopic (exact) mass is 632 g/mol. The minimum Gasteiger partial charge on any atom is -0.744 e. The predicted octanol–water partition coefficient (Wildman–Crippen LogP) is -3.06. The van der Waals surface area contributed by atoms with E-state index in [1.807, 2.05) is 0 Å². The zero-order valence-electron chi connectivity index (χ0n) is 23.0. The molecular weight excluding hydrogens is 610 g/mol. The van der Waals surface area contributed by atoms with Crippen LogP contribution in [0.15, 0.2) is 80.7 Å². The molecule has 0 aromatic heterocycles. The van der Waals surface area contributed by atoms with Crippen molar-refractivity contribution in [1.82, 2.24) is 0 Å². The van der Waals surface area contributed by atoms with Gasteiger partial charge in [0.05, 0.1) is 28.3 Å². The molecule has 42 heavy (non-hydrogen) atoms. The Balaban J connectivity index is 0.00000441. The van der Waals surface area contributed by atoms with Crippen molar-refractivity contribution >= 4 is 61.1 Å². The molecule has 0 aliphatic heterocycles. The van der Waals surface area contributed by atoms with E-state index in [9.17, 15) is 35.5 Å². The Morgan fingerprint density at radius 1 is 0.905 bits per heavy atom. The van der Waals surface area contributed by atoms with Gasteiger partial charge in [-0.3, -0.25) is 9.59 Å². The van der Waals surface area contributed by atoms with Crippen LogP contribution >= 0.6 is 0 Å². The van der Waals surface area contributed by atoms with Crippen LogP contribution in [0, 0.1) is 0 Å². The first-order chi connectivity index (χ1) is 18.7. The summed E-state index contributed by atoms with van der Waals surface area (Å²) in [6.45, 7) is 1.11. The van der Waals surface area contributed by atoms with E-state index in [0.29, 0.717) is 5.75 Å². The number of benzene rings is 3. The van der Waals surface area contributed by atoms with Gasteiger partial charge in [-0.05, 0) is 54.4 Å². The first kappa shape index (κ1) is 37.6. The van der Waals surface area contributed by atoms with Crippen LogP contribution in [0.2, 0.25) is 0 Å². The fraction of sp³-hybridized carbons (Fsp3) is 0.120. The number of Topliss-reactive ketones (excluding diaryl/α,β-unsaturated/α-hetero) is 1. The number of ether oxygens (including phenoxy) is 1. The van der Waals surface area contributed by atoms with E-state index in [4.69, 9.17) is 10.5 Å². The first-order valence-electron chi connectivity index (χ1n) is 11.2. The second-order valence-corrected chi connectivity index (χ2v) is 10.9. The molecule has 0 radical (unpaired) electrons. The molecule has 0 aliphatic carbocycles. The number of azo groups is 1. The van der Waals surface area contributed by atoms with Crippen molar-refractivity contribution < 1.29 is 99.4 Å². The summed E-state index contributed by atoms with van der Waals surface area (Å²) in [5.74, 6) is -1.16. The number of para-hydroxylation sites is 2. The SMILES string of the molecule is COc1ccccc1NC(=O)C(N=Nc1ccc(C=Cc2ccc(N)cc2S(=O)(=O)[O-])c(S(=O)(=O)[O-])c1)C(C)=O.[Na+].[Na+]. The van der Waals surface area contributed by atoms with Crippen LogP contribution in [0.4, 0.5) is 17.1 Å². The molecule has 3 N–H and O–H groups in total. The zero-order valence-corrected chi connectivity index (χ0v) is 28.6. The van der Waals surface area contributed by atoms with E-state index in [0.717, 1.165) is 31.2 Å². The average Bonchev–Trinajstić information content (AvgIpc) is 2.87. The van der Waals surface area contributed by atoms with E-state index in [1.165, 1.54) is 31.4 Å². The number of nitrogens with one attached hydrogen (secondary N) is 1. The molecule has 0 saturated heterocycles. The number of carbonyl (C=O) groups is 2. The second-order valence-electron chi connectivity index (χ2n) is 8.18. The Morgan fingerprint density at radius 2 is 1.45 bits per heavy atom. The van der Waals surface area contributed by atoms with Gasteiger partial charge >= 0.3 is 59.1 Å². The van der Waals surface area contributed by atoms with E-state index in [2.05, 4.69) is 15.5 Å². The molecule has 17 heteroatoms. The summed E-state index contributed by atoms with van der Waals surface area (Å²) in [7, 11) is -8.61. The third kappa shape index (κ3) is 10.1. The smallest absolute Gasteiger partial charge is 0.744 e. The number of hydrogen-bond donors (Lipinski definition) is 2. The van der Waals surface area contributed by atoms with Gasteiger partial charge in [-0.15, -0.1) is 0 Å². The number of rotatable bonds is 10. The Morgan fingerprint density at radius 3 is 2.00 bits per heavy atom. The van der Waals surface area contributed by atoms with Crippen molar-refractivity contribution in [3.05, 3.63) is 71.8 Å². The summed E-state index contributed by atoms with van der Waals surface area (Å²) in [5, 5.41) is 10.0. The van der Waals surface area contributed by atoms with E-state index in [-0.39, 0.29) is 87.3 Å². The molecule has 1 amide bonds. The van der Waals surface area contributed by atoms with Gasteiger partial charge in [0, 0.05) is 5.69 Å². The van der Waals surface area contributed by atoms with Crippen molar-refractivity contribution in [3.8, 4) is 5.75 Å². The minimum absolute atomic E-state index is 0. The van der Waals surface area contributed by atoms with Crippen LogP contribution in [0.25, 0.3) is 12.2 Å². The zero-order chi connectivity index (χ0) is 29.7. The Bertz CT molecular complexity index is 1750. The fourth-order valence-electron chi connectivity index (χ4n) is 3.42. The van der Waals surface area contributed by atoms with E-state index in [1.54, 1.807) is 24.3 Å². The topological polar surface area (TPSA) is 221 Å². The third-order valence-electron chi connectivity index (χ3n) is 5.30. The Kier molecular flexibility index (Phi) is 14.2. The quantitative estimate of drug-likeness (QED) is 0.0574. The van der Waals surface area contributed by atoms with Crippen molar-refractivity contribution in [2.24, 2.45) is 10.2 Å². The second kappa shape index (κ2) is 15.9. The number of anilines is 2. The molecule has 13 nitrogen and oxygen atoms in total. The van der Waals surface area contributed by atoms with Crippen molar-refractivity contribution in [3.63, 3.8) is 0 Å². The van der Waals surface area contributed by atoms with Crippen LogP contribution < -0.4 is 74.9 Å². The van der Waals surface area contributed by atoms with Crippen LogP contribution in [0.5, 0.6) is 5.75 Å². The molecule has 3 aromatic rings. The molecule has 1 atom stereocenters. The van der Waals surface area contributed by atoms with Gasteiger partial charge in [0.15, 0.2) is 5.78 Å². The maximum atomic E-state index is 12.7. The molecule has 0 saturated carbocycles. The van der Waals surface area contributed by atoms with E-state index < -0.39 is 47.8 Å². The number of ketones is 1. The molecule has 0 heterocycles. The molecule has 3 rings (SSSR count). The summed E-state index contributed by atoms with van der Waals surface area (Å²) in [4.78, 5) is 23.4. The number of nitrogens with zero attached hydrogens (tertiary/aromatic N) is 2. The van der Waals surface area contributed by atoms with E-state index >= 15 is 0 Å². The van der Waals surface area contributed by atoms with Gasteiger partial charge in [-0.25, -0.2) is 16.8 Å². The van der Waals surface area contributed by atoms with Gasteiger partial charge in [0.25, 0.3) is 5.91 Å². The number of hydrogen-bond acceptors (Lipinski definition) is 12. The third-order valence-corrected chi connectivity index (χ3v) is 7.09. The number of nitrogen functional groups attached to an aromatic ring is 1. The van der Waals surface area contributed by atoms with Gasteiger partial charge in [0.2, 0.25) is 6.04 Å². The van der Waals surface area contributed by atoms with Crippen molar-refractivity contribution in [2.45, 2.75) is 22.8 Å². The summed E-state index contributed by atoms with van der Waals surface area (Å²) in [6, 6.07) is 11.7. The molecule has 0 aliphatic rings. The summed E-state index contributed by atoms with van der Waals surface area (Å²) in [5.41, 5.74) is 5.43. The van der Waals surface area contributed by atoms with Crippen molar-refractivity contribution in [1.29, 1.82) is 0 Å². The van der Waals surface area contributed by atoms with Gasteiger partial charge in [-0.2, -0.15) is 10.2 Å². The molecule has 0 bridgehead atoms. The van der Waals surface area contributed by atoms with Crippen LogP contribution in [-0.4, -0.2) is 50.8 Å². The Hall–Kier alpha value is -2.44. The van der Waals surface area contributed by atoms with Crippen LogP contribution in [0.1, 0.15) is 18.1 Å². The van der Waals surface area contributed by atoms with Gasteiger partial charge in [0.1, 0.15) is 26.0 Å². The summed E-state index contributed by atoms with van der Waals surface area (Å²) >= 11 is 0. The van der Waals surface area contributed by atoms with Crippen LogP contribution in [-0.2, 0) is 29.8 Å². The molecular formula is C25H22N4Na2O9S2. The number of methoxy groups -OCH3 is 1. The van der Waals surface area contributed by atoms with Crippen molar-refractivity contribution in [2.75, 3.05) is 18.2 Å².